The molecular weight excluding hydrogens is 217 g/mol. The SMILES string of the molecule is CC(C)c1cnn2ccc(C(F)(F)F)cc12. The summed E-state index contributed by atoms with van der Waals surface area (Å²) >= 11 is 0. The van der Waals surface area contributed by atoms with Crippen molar-refractivity contribution in [2.24, 2.45) is 0 Å². The quantitative estimate of drug-likeness (QED) is 0.730. The van der Waals surface area contributed by atoms with Gasteiger partial charge in [-0.15, -0.1) is 0 Å². The third-order valence-corrected chi connectivity index (χ3v) is 2.50. The summed E-state index contributed by atoms with van der Waals surface area (Å²) in [5.41, 5.74) is 0.707. The zero-order valence-electron chi connectivity index (χ0n) is 8.92. The molecule has 2 heterocycles. The van der Waals surface area contributed by atoms with Crippen molar-refractivity contribution in [3.05, 3.63) is 35.7 Å². The van der Waals surface area contributed by atoms with Crippen LogP contribution in [-0.4, -0.2) is 9.61 Å². The predicted octanol–water partition coefficient (Wildman–Crippen LogP) is 3.48. The van der Waals surface area contributed by atoms with Crippen LogP contribution in [0.15, 0.2) is 24.5 Å². The molecule has 0 bridgehead atoms. The molecule has 0 N–H and O–H groups in total. The van der Waals surface area contributed by atoms with Crippen molar-refractivity contribution in [1.29, 1.82) is 0 Å². The van der Waals surface area contributed by atoms with Gasteiger partial charge in [0.15, 0.2) is 0 Å². The van der Waals surface area contributed by atoms with Crippen molar-refractivity contribution >= 4 is 5.52 Å². The summed E-state index contributed by atoms with van der Waals surface area (Å²) in [6.45, 7) is 3.86. The second-order valence-corrected chi connectivity index (χ2v) is 4.00. The normalized spacial score (nSPS) is 12.6. The molecule has 0 fully saturated rings. The third-order valence-electron chi connectivity index (χ3n) is 2.50. The molecule has 0 atom stereocenters. The predicted molar refractivity (Wildman–Crippen MR) is 54.3 cm³/mol. The summed E-state index contributed by atoms with van der Waals surface area (Å²) in [6, 6.07) is 2.17. The second-order valence-electron chi connectivity index (χ2n) is 4.00. The molecular formula is C11H11F3N2. The van der Waals surface area contributed by atoms with Gasteiger partial charge in [-0.05, 0) is 18.1 Å². The van der Waals surface area contributed by atoms with Crippen molar-refractivity contribution in [3.8, 4) is 0 Å². The largest absolute Gasteiger partial charge is 0.416 e. The summed E-state index contributed by atoms with van der Waals surface area (Å²) < 4.78 is 39.0. The number of hydrogen-bond donors (Lipinski definition) is 0. The molecule has 0 unspecified atom stereocenters. The van der Waals surface area contributed by atoms with Gasteiger partial charge in [-0.3, -0.25) is 0 Å². The van der Waals surface area contributed by atoms with Gasteiger partial charge in [0.25, 0.3) is 0 Å². The van der Waals surface area contributed by atoms with E-state index in [9.17, 15) is 13.2 Å². The Bertz CT molecular complexity index is 511. The van der Waals surface area contributed by atoms with Crippen molar-refractivity contribution in [2.45, 2.75) is 25.9 Å². The molecule has 0 radical (unpaired) electrons. The maximum atomic E-state index is 12.5. The van der Waals surface area contributed by atoms with E-state index in [-0.39, 0.29) is 5.92 Å². The lowest BCUT2D eigenvalue weighted by molar-refractivity contribution is -0.137. The molecule has 0 saturated heterocycles. The summed E-state index contributed by atoms with van der Waals surface area (Å²) in [5.74, 6) is 0.154. The Morgan fingerprint density at radius 2 is 2.00 bits per heavy atom. The van der Waals surface area contributed by atoms with Crippen molar-refractivity contribution in [3.63, 3.8) is 0 Å². The second kappa shape index (κ2) is 3.50. The Hall–Kier alpha value is -1.52. The topological polar surface area (TPSA) is 17.3 Å². The maximum Gasteiger partial charge on any atom is 0.416 e. The number of rotatable bonds is 1. The third kappa shape index (κ3) is 1.77. The van der Waals surface area contributed by atoms with E-state index < -0.39 is 11.7 Å². The molecule has 0 aliphatic rings. The Morgan fingerprint density at radius 3 is 2.56 bits per heavy atom. The van der Waals surface area contributed by atoms with Gasteiger partial charge in [0, 0.05) is 11.8 Å². The van der Waals surface area contributed by atoms with Gasteiger partial charge in [-0.25, -0.2) is 4.52 Å². The summed E-state index contributed by atoms with van der Waals surface area (Å²) in [4.78, 5) is 0. The van der Waals surface area contributed by atoms with E-state index in [1.165, 1.54) is 10.7 Å². The lowest BCUT2D eigenvalue weighted by Gasteiger charge is -2.08. The van der Waals surface area contributed by atoms with Gasteiger partial charge in [0.1, 0.15) is 0 Å². The summed E-state index contributed by atoms with van der Waals surface area (Å²) in [5, 5.41) is 4.01. The zero-order chi connectivity index (χ0) is 11.9. The van der Waals surface area contributed by atoms with Gasteiger partial charge >= 0.3 is 6.18 Å². The highest BCUT2D eigenvalue weighted by Crippen LogP contribution is 2.31. The first-order chi connectivity index (χ1) is 7.39. The fourth-order valence-corrected chi connectivity index (χ4v) is 1.62. The average Bonchev–Trinajstić information content (AvgIpc) is 2.58. The van der Waals surface area contributed by atoms with Crippen LogP contribution < -0.4 is 0 Å². The Labute approximate surface area is 90.7 Å². The van der Waals surface area contributed by atoms with E-state index in [0.717, 1.165) is 17.7 Å². The van der Waals surface area contributed by atoms with E-state index in [4.69, 9.17) is 0 Å². The van der Waals surface area contributed by atoms with Crippen LogP contribution in [0.4, 0.5) is 13.2 Å². The number of halogens is 3. The van der Waals surface area contributed by atoms with Gasteiger partial charge in [-0.1, -0.05) is 13.8 Å². The van der Waals surface area contributed by atoms with Gasteiger partial charge < -0.3 is 0 Å². The first kappa shape index (κ1) is 11.0. The number of fused-ring (bicyclic) bond motifs is 1. The highest BCUT2D eigenvalue weighted by Gasteiger charge is 2.31. The number of alkyl halides is 3. The molecule has 0 aromatic carbocycles. The first-order valence-electron chi connectivity index (χ1n) is 4.94. The number of hydrogen-bond acceptors (Lipinski definition) is 1. The minimum absolute atomic E-state index is 0.154. The van der Waals surface area contributed by atoms with Crippen LogP contribution >= 0.6 is 0 Å². The molecule has 16 heavy (non-hydrogen) atoms. The lowest BCUT2D eigenvalue weighted by atomic mass is 10.0. The minimum atomic E-state index is -4.31. The van der Waals surface area contributed by atoms with E-state index in [1.54, 1.807) is 6.20 Å². The summed E-state index contributed by atoms with van der Waals surface area (Å²) in [6.07, 6.45) is -1.36. The van der Waals surface area contributed by atoms with Crippen LogP contribution in [0.3, 0.4) is 0 Å². The maximum absolute atomic E-state index is 12.5. The standard InChI is InChI=1S/C11H11F3N2/c1-7(2)9-6-15-16-4-3-8(5-10(9)16)11(12,13)14/h3-7H,1-2H3. The smallest absolute Gasteiger partial charge is 0.241 e. The highest BCUT2D eigenvalue weighted by atomic mass is 19.4. The number of pyridine rings is 1. The van der Waals surface area contributed by atoms with Crippen molar-refractivity contribution in [2.75, 3.05) is 0 Å². The average molecular weight is 228 g/mol. The Morgan fingerprint density at radius 1 is 1.31 bits per heavy atom. The van der Waals surface area contributed by atoms with Gasteiger partial charge in [0.05, 0.1) is 17.3 Å². The lowest BCUT2D eigenvalue weighted by Crippen LogP contribution is -2.05. The molecule has 0 amide bonds. The Kier molecular flexibility index (Phi) is 2.40. The molecule has 2 aromatic heterocycles. The Balaban J connectivity index is 2.63. The number of nitrogens with zero attached hydrogens (tertiary/aromatic N) is 2. The van der Waals surface area contributed by atoms with E-state index in [1.807, 2.05) is 13.8 Å². The molecule has 2 nitrogen and oxygen atoms in total. The molecule has 0 spiro atoms. The van der Waals surface area contributed by atoms with E-state index in [2.05, 4.69) is 5.10 Å². The van der Waals surface area contributed by atoms with E-state index >= 15 is 0 Å². The first-order valence-corrected chi connectivity index (χ1v) is 4.94. The van der Waals surface area contributed by atoms with Crippen LogP contribution in [0.25, 0.3) is 5.52 Å². The summed E-state index contributed by atoms with van der Waals surface area (Å²) in [7, 11) is 0. The minimum Gasteiger partial charge on any atom is -0.241 e. The molecule has 2 aromatic rings. The molecule has 0 aliphatic heterocycles. The number of aromatic nitrogens is 2. The van der Waals surface area contributed by atoms with Crippen molar-refractivity contribution < 1.29 is 13.2 Å². The van der Waals surface area contributed by atoms with E-state index in [0.29, 0.717) is 5.52 Å². The molecule has 0 aliphatic carbocycles. The fourth-order valence-electron chi connectivity index (χ4n) is 1.62. The highest BCUT2D eigenvalue weighted by molar-refractivity contribution is 5.56. The van der Waals surface area contributed by atoms with Crippen LogP contribution in [0, 0.1) is 0 Å². The molecule has 5 heteroatoms. The van der Waals surface area contributed by atoms with Gasteiger partial charge in [0.2, 0.25) is 0 Å². The molecule has 2 rings (SSSR count). The van der Waals surface area contributed by atoms with Crippen LogP contribution in [0.2, 0.25) is 0 Å². The van der Waals surface area contributed by atoms with Crippen LogP contribution in [0.5, 0.6) is 0 Å². The molecule has 86 valence electrons. The van der Waals surface area contributed by atoms with Crippen molar-refractivity contribution in [1.82, 2.24) is 9.61 Å². The van der Waals surface area contributed by atoms with Crippen LogP contribution in [0.1, 0.15) is 30.9 Å². The zero-order valence-corrected chi connectivity index (χ0v) is 8.92. The monoisotopic (exact) mass is 228 g/mol. The van der Waals surface area contributed by atoms with Crippen LogP contribution in [-0.2, 0) is 6.18 Å². The fraction of sp³-hybridized carbons (Fsp3) is 0.364. The van der Waals surface area contributed by atoms with Gasteiger partial charge in [-0.2, -0.15) is 18.3 Å². The molecule has 0 saturated carbocycles.